The minimum absolute atomic E-state index is 0.0863. The van der Waals surface area contributed by atoms with E-state index < -0.39 is 97.5 Å². The Labute approximate surface area is 585 Å². The number of ether oxygens (including phenoxy) is 4. The highest BCUT2D eigenvalue weighted by molar-refractivity contribution is 7.47. The Morgan fingerprint density at radius 1 is 0.292 bits per heavy atom. The molecule has 0 heterocycles. The molecule has 0 rings (SSSR count). The minimum Gasteiger partial charge on any atom is -0.462 e. The molecule has 0 aliphatic rings. The molecule has 3 N–H and O–H groups in total. The first-order valence-electron chi connectivity index (χ1n) is 39.2. The van der Waals surface area contributed by atoms with Crippen LogP contribution in [0.25, 0.3) is 0 Å². The van der Waals surface area contributed by atoms with Crippen LogP contribution in [-0.4, -0.2) is 96.7 Å². The number of hydrogen-bond acceptors (Lipinski definition) is 15. The third-order valence-electron chi connectivity index (χ3n) is 17.1. The molecule has 0 aromatic rings. The van der Waals surface area contributed by atoms with Crippen LogP contribution in [0.4, 0.5) is 0 Å². The van der Waals surface area contributed by atoms with Gasteiger partial charge in [-0.15, -0.1) is 0 Å². The maximum atomic E-state index is 13.1. The second-order valence-corrected chi connectivity index (χ2v) is 29.6. The molecule has 5 atom stereocenters. The van der Waals surface area contributed by atoms with Crippen molar-refractivity contribution in [1.82, 2.24) is 0 Å². The maximum absolute atomic E-state index is 13.1. The van der Waals surface area contributed by atoms with Crippen molar-refractivity contribution in [3.63, 3.8) is 0 Å². The van der Waals surface area contributed by atoms with E-state index in [1.54, 1.807) is 0 Å². The van der Waals surface area contributed by atoms with Gasteiger partial charge in [0.15, 0.2) is 12.2 Å². The van der Waals surface area contributed by atoms with Crippen LogP contribution < -0.4 is 0 Å². The number of hydrogen-bond donors (Lipinski definition) is 3. The van der Waals surface area contributed by atoms with Crippen LogP contribution in [-0.2, 0) is 65.4 Å². The highest BCUT2D eigenvalue weighted by atomic mass is 31.2. The Hall–Kier alpha value is -2.72. The van der Waals surface area contributed by atoms with Gasteiger partial charge in [-0.25, -0.2) is 9.13 Å². The van der Waals surface area contributed by atoms with Crippen molar-refractivity contribution < 1.29 is 80.2 Å². The molecule has 564 valence electrons. The molecule has 0 aliphatic heterocycles. The maximum Gasteiger partial charge on any atom is 0.472 e. The molecule has 0 aromatic carbocycles. The Bertz CT molecular complexity index is 1970. The van der Waals surface area contributed by atoms with Gasteiger partial charge in [-0.3, -0.25) is 37.3 Å². The summed E-state index contributed by atoms with van der Waals surface area (Å²) in [4.78, 5) is 72.9. The summed E-state index contributed by atoms with van der Waals surface area (Å²) in [5, 5.41) is 10.6. The number of rotatable bonds is 75. The van der Waals surface area contributed by atoms with E-state index in [2.05, 4.69) is 64.2 Å². The van der Waals surface area contributed by atoms with Crippen molar-refractivity contribution in [1.29, 1.82) is 0 Å². The molecule has 0 aliphatic carbocycles. The van der Waals surface area contributed by atoms with Crippen molar-refractivity contribution in [2.45, 2.75) is 393 Å². The molecule has 0 aromatic heterocycles. The van der Waals surface area contributed by atoms with Gasteiger partial charge in [0, 0.05) is 25.7 Å². The van der Waals surface area contributed by atoms with Crippen LogP contribution >= 0.6 is 15.6 Å². The summed E-state index contributed by atoms with van der Waals surface area (Å²) < 4.78 is 68.5. The number of aliphatic hydroxyl groups excluding tert-OH is 1. The Balaban J connectivity index is 5.31. The van der Waals surface area contributed by atoms with Crippen LogP contribution in [0, 0.1) is 0 Å². The first-order chi connectivity index (χ1) is 46.7. The monoisotopic (exact) mass is 1400 g/mol. The number of phosphoric ester groups is 2. The summed E-state index contributed by atoms with van der Waals surface area (Å²) in [6.45, 7) is 4.90. The number of allylic oxidation sites excluding steroid dienone is 6. The van der Waals surface area contributed by atoms with Crippen LogP contribution in [0.2, 0.25) is 0 Å². The van der Waals surface area contributed by atoms with E-state index in [9.17, 15) is 43.2 Å². The molecule has 2 unspecified atom stereocenters. The first-order valence-corrected chi connectivity index (χ1v) is 42.2. The molecule has 0 amide bonds. The number of carbonyl (C=O) groups is 4. The Morgan fingerprint density at radius 2 is 0.510 bits per heavy atom. The topological polar surface area (TPSA) is 237 Å². The second-order valence-electron chi connectivity index (χ2n) is 26.7. The zero-order chi connectivity index (χ0) is 70.4. The molecule has 0 bridgehead atoms. The van der Waals surface area contributed by atoms with Crippen molar-refractivity contribution >= 4 is 39.5 Å². The number of aliphatic hydroxyl groups is 1. The molecule has 0 saturated heterocycles. The van der Waals surface area contributed by atoms with Gasteiger partial charge in [-0.1, -0.05) is 302 Å². The van der Waals surface area contributed by atoms with E-state index in [1.807, 2.05) is 0 Å². The summed E-state index contributed by atoms with van der Waals surface area (Å²) in [5.41, 5.74) is 0. The fourth-order valence-electron chi connectivity index (χ4n) is 11.1. The summed E-state index contributed by atoms with van der Waals surface area (Å²) in [6, 6.07) is 0. The van der Waals surface area contributed by atoms with Gasteiger partial charge >= 0.3 is 39.5 Å². The normalized spacial score (nSPS) is 14.1. The van der Waals surface area contributed by atoms with Crippen molar-refractivity contribution in [2.24, 2.45) is 0 Å². The lowest BCUT2D eigenvalue weighted by Gasteiger charge is -2.21. The molecule has 0 fully saturated rings. The lowest BCUT2D eigenvalue weighted by molar-refractivity contribution is -0.161. The molecule has 0 spiro atoms. The van der Waals surface area contributed by atoms with Crippen LogP contribution in [0.5, 0.6) is 0 Å². The summed E-state index contributed by atoms with van der Waals surface area (Å²) in [7, 11) is -9.93. The number of carbonyl (C=O) groups excluding carboxylic acids is 4. The molecule has 19 heteroatoms. The van der Waals surface area contributed by atoms with E-state index in [4.69, 9.17) is 37.0 Å². The minimum atomic E-state index is -4.97. The second kappa shape index (κ2) is 70.7. The van der Waals surface area contributed by atoms with Gasteiger partial charge in [0.2, 0.25) is 0 Å². The lowest BCUT2D eigenvalue weighted by Crippen LogP contribution is -2.30. The SMILES string of the molecule is CCCCC/C=C\C/C=C\CCCCCCCC(=O)O[C@H](COC(=O)CCCCCCCCCCCCCCC)COP(=O)(O)OC[C@@H](O)COP(=O)(O)OC[C@@H](COC(=O)CCCCCCCCCCCCCCC)OC(=O)CCCCCCCCC/C=C\CCCCCC. The summed E-state index contributed by atoms with van der Waals surface area (Å²) >= 11 is 0. The number of phosphoric acid groups is 2. The van der Waals surface area contributed by atoms with E-state index >= 15 is 0 Å². The van der Waals surface area contributed by atoms with Crippen molar-refractivity contribution in [3.05, 3.63) is 36.5 Å². The van der Waals surface area contributed by atoms with Gasteiger partial charge in [-0.05, 0) is 83.5 Å². The zero-order valence-corrected chi connectivity index (χ0v) is 63.4. The van der Waals surface area contributed by atoms with E-state index in [-0.39, 0.29) is 25.7 Å². The largest absolute Gasteiger partial charge is 0.472 e. The first kappa shape index (κ1) is 93.3. The Morgan fingerprint density at radius 3 is 0.812 bits per heavy atom. The summed E-state index contributed by atoms with van der Waals surface area (Å²) in [6.07, 6.45) is 65.5. The van der Waals surface area contributed by atoms with Gasteiger partial charge in [-0.2, -0.15) is 0 Å². The summed E-state index contributed by atoms with van der Waals surface area (Å²) in [5.74, 6) is -2.15. The van der Waals surface area contributed by atoms with Gasteiger partial charge < -0.3 is 33.8 Å². The van der Waals surface area contributed by atoms with E-state index in [0.29, 0.717) is 25.7 Å². The van der Waals surface area contributed by atoms with Gasteiger partial charge in [0.05, 0.1) is 26.4 Å². The van der Waals surface area contributed by atoms with Gasteiger partial charge in [0.1, 0.15) is 19.3 Å². The number of unbranched alkanes of at least 4 members (excludes halogenated alkanes) is 43. The molecule has 96 heavy (non-hydrogen) atoms. The molecular weight excluding hydrogens is 1260 g/mol. The smallest absolute Gasteiger partial charge is 0.462 e. The highest BCUT2D eigenvalue weighted by Crippen LogP contribution is 2.45. The third-order valence-corrected chi connectivity index (χ3v) is 19.0. The third kappa shape index (κ3) is 69.7. The van der Waals surface area contributed by atoms with Gasteiger partial charge in [0.25, 0.3) is 0 Å². The average molecular weight is 1400 g/mol. The van der Waals surface area contributed by atoms with Crippen LogP contribution in [0.15, 0.2) is 36.5 Å². The van der Waals surface area contributed by atoms with Crippen LogP contribution in [0.3, 0.4) is 0 Å². The number of esters is 4. The zero-order valence-electron chi connectivity index (χ0n) is 61.6. The van der Waals surface area contributed by atoms with Crippen molar-refractivity contribution in [3.8, 4) is 0 Å². The molecule has 17 nitrogen and oxygen atoms in total. The fraction of sp³-hybridized carbons (Fsp3) is 0.870. The highest BCUT2D eigenvalue weighted by Gasteiger charge is 2.30. The predicted molar refractivity (Wildman–Crippen MR) is 391 cm³/mol. The van der Waals surface area contributed by atoms with E-state index in [1.165, 1.54) is 161 Å². The Kier molecular flexibility index (Phi) is 68.7. The van der Waals surface area contributed by atoms with Crippen molar-refractivity contribution in [2.75, 3.05) is 39.6 Å². The fourth-order valence-corrected chi connectivity index (χ4v) is 12.7. The quantitative estimate of drug-likeness (QED) is 0.0169. The molecular formula is C77H144O17P2. The average Bonchev–Trinajstić information content (AvgIpc) is 1.19. The molecule has 0 saturated carbocycles. The van der Waals surface area contributed by atoms with E-state index in [0.717, 1.165) is 135 Å². The predicted octanol–water partition coefficient (Wildman–Crippen LogP) is 22.3. The molecule has 0 radical (unpaired) electrons. The van der Waals surface area contributed by atoms with Crippen LogP contribution in [0.1, 0.15) is 374 Å². The lowest BCUT2D eigenvalue weighted by atomic mass is 10.0. The standard InChI is InChI=1S/C77H144O17P2/c1-5-9-13-17-21-25-29-33-35-39-43-47-51-55-59-63-76(81)93-72(67-87-74(79)61-57-53-49-45-41-37-31-27-23-19-15-11-7-3)69-91-95(83,84)89-65-71(78)66-90-96(85,86)92-70-73(68-88-75(80)62-58-54-50-46-42-38-32-28-24-20-16-12-8-4)94-77(82)64-60-56-52-48-44-40-36-34-30-26-22-18-14-10-6-2/h21,25-26,30,33,35,71-73,78H,5-20,22-24,27-29,31-32,34,36-70H2,1-4H3,(H,83,84)(H,85,86)/b25-21-,30-26-,35-33-/t71-,72-,73-/m1/s1.